The molecule has 0 amide bonds. The number of likely N-dealkylation sites (N-methyl/N-ethyl adjacent to an activating group) is 1. The van der Waals surface area contributed by atoms with E-state index >= 15 is 0 Å². The summed E-state index contributed by atoms with van der Waals surface area (Å²) >= 11 is 0. The Morgan fingerprint density at radius 2 is 1.59 bits per heavy atom. The van der Waals surface area contributed by atoms with Gasteiger partial charge in [0, 0.05) is 44.9 Å². The number of nitrogens with zero attached hydrogens (tertiary/aromatic N) is 2. The zero-order valence-corrected chi connectivity index (χ0v) is 39.3. The van der Waals surface area contributed by atoms with Crippen molar-refractivity contribution in [2.45, 2.75) is 192 Å². The number of methoxy groups -OCH3 is 1. The van der Waals surface area contributed by atoms with Gasteiger partial charge in [-0.3, -0.25) is 13.8 Å². The van der Waals surface area contributed by atoms with Crippen molar-refractivity contribution in [1.82, 2.24) is 9.80 Å². The van der Waals surface area contributed by atoms with Crippen molar-refractivity contribution < 1.29 is 78.7 Å². The molecular formula is C41H73F3N2O14S. The SMILES string of the molecule is CC[C@H]1OC(=O)[C@H](C)[C@@H](O[C@H]2C[C@@](C)(OC)[C@@H](OS(=O)(=O)C(F)(F)F)[C@H](C)O2)[C@H](C)[C@@H](O[C@@H]2O[C@H](C)C[C@H](N(C)C)[C@H]2OC(C)=O)C(C)(O)C[C@@H](C)N(C)C[C@H](C)[C@@H](O)[C@H]1C. The van der Waals surface area contributed by atoms with Crippen molar-refractivity contribution >= 4 is 22.1 Å². The van der Waals surface area contributed by atoms with Crippen molar-refractivity contribution in [3.05, 3.63) is 0 Å². The van der Waals surface area contributed by atoms with Crippen LogP contribution in [0.1, 0.15) is 102 Å². The van der Waals surface area contributed by atoms with Crippen LogP contribution in [-0.4, -0.2) is 165 Å². The van der Waals surface area contributed by atoms with Crippen LogP contribution in [-0.2, 0) is 57.0 Å². The highest BCUT2D eigenvalue weighted by Crippen LogP contribution is 2.42. The molecule has 0 aromatic rings. The largest absolute Gasteiger partial charge is 0.523 e. The van der Waals surface area contributed by atoms with E-state index in [0.29, 0.717) is 19.4 Å². The Kier molecular flexibility index (Phi) is 18.5. The number of rotatable bonds is 10. The summed E-state index contributed by atoms with van der Waals surface area (Å²) in [5, 5.41) is 24.2. The molecule has 3 aliphatic rings. The molecular weight excluding hydrogens is 834 g/mol. The summed E-state index contributed by atoms with van der Waals surface area (Å²) in [7, 11) is 0.666. The molecule has 3 saturated heterocycles. The van der Waals surface area contributed by atoms with Crippen LogP contribution >= 0.6 is 0 Å². The minimum absolute atomic E-state index is 0.100. The zero-order chi connectivity index (χ0) is 46.7. The monoisotopic (exact) mass is 906 g/mol. The van der Waals surface area contributed by atoms with Gasteiger partial charge in [0.1, 0.15) is 12.2 Å². The standard InChI is InChI=1S/C41H73F3N2O14S/c1-16-30-24(5)32(48)21(2)20-46(14)22(3)18-39(10,50)35(59-38-34(56-28(9)47)29(45(12)13)17-23(4)54-38)25(6)33(26(7)37(49)57-30)58-31-19-40(11,53-15)36(27(8)55-31)60-61(51,52)41(42,43)44/h21-27,29-36,38,48,50H,16-20H2,1-15H3/t21-,22+,23+,24-,25-,26+,27-,29-,30+,31-,32+,33-,34+,35+,36-,38-,39?,40+/m0/s1. The van der Waals surface area contributed by atoms with Gasteiger partial charge >= 0.3 is 27.6 Å². The van der Waals surface area contributed by atoms with Crippen LogP contribution in [0.3, 0.4) is 0 Å². The second kappa shape index (κ2) is 21.1. The third-order valence-corrected chi connectivity index (χ3v) is 14.0. The maximum absolute atomic E-state index is 14.4. The Morgan fingerprint density at radius 1 is 0.984 bits per heavy atom. The first kappa shape index (κ1) is 53.6. The van der Waals surface area contributed by atoms with Gasteiger partial charge in [-0.05, 0) is 87.9 Å². The number of hydrogen-bond acceptors (Lipinski definition) is 16. The van der Waals surface area contributed by atoms with Gasteiger partial charge in [0.05, 0.1) is 53.7 Å². The number of aliphatic hydroxyl groups is 2. The lowest BCUT2D eigenvalue weighted by Crippen LogP contribution is -2.61. The smallest absolute Gasteiger partial charge is 0.462 e. The molecule has 0 aromatic carbocycles. The first-order valence-electron chi connectivity index (χ1n) is 21.2. The number of aliphatic hydroxyl groups excluding tert-OH is 1. The van der Waals surface area contributed by atoms with Gasteiger partial charge in [0.25, 0.3) is 0 Å². The summed E-state index contributed by atoms with van der Waals surface area (Å²) < 4.78 is 113. The van der Waals surface area contributed by atoms with Gasteiger partial charge < -0.3 is 53.2 Å². The van der Waals surface area contributed by atoms with Crippen LogP contribution < -0.4 is 0 Å². The van der Waals surface area contributed by atoms with E-state index in [0.717, 1.165) is 0 Å². The molecule has 61 heavy (non-hydrogen) atoms. The average Bonchev–Trinajstić information content (AvgIpc) is 3.14. The van der Waals surface area contributed by atoms with Crippen LogP contribution in [0.25, 0.3) is 0 Å². The van der Waals surface area contributed by atoms with Gasteiger partial charge in [-0.15, -0.1) is 0 Å². The maximum Gasteiger partial charge on any atom is 0.523 e. The third-order valence-electron chi connectivity index (χ3n) is 13.0. The van der Waals surface area contributed by atoms with Gasteiger partial charge in [0.15, 0.2) is 18.7 Å². The van der Waals surface area contributed by atoms with Crippen LogP contribution in [0.2, 0.25) is 0 Å². The van der Waals surface area contributed by atoms with E-state index in [2.05, 4.69) is 0 Å². The van der Waals surface area contributed by atoms with E-state index in [-0.39, 0.29) is 36.9 Å². The highest BCUT2D eigenvalue weighted by Gasteiger charge is 2.57. The lowest BCUT2D eigenvalue weighted by atomic mass is 9.78. The number of ether oxygens (including phenoxy) is 7. The maximum atomic E-state index is 14.4. The van der Waals surface area contributed by atoms with E-state index in [9.17, 15) is 41.4 Å². The number of alkyl halides is 3. The zero-order valence-electron chi connectivity index (χ0n) is 38.5. The van der Waals surface area contributed by atoms with Gasteiger partial charge in [-0.1, -0.05) is 27.7 Å². The quantitative estimate of drug-likeness (QED) is 0.180. The fourth-order valence-electron chi connectivity index (χ4n) is 9.24. The van der Waals surface area contributed by atoms with Crippen molar-refractivity contribution in [1.29, 1.82) is 0 Å². The lowest BCUT2D eigenvalue weighted by molar-refractivity contribution is -0.317. The Bertz CT molecular complexity index is 1560. The predicted octanol–water partition coefficient (Wildman–Crippen LogP) is 4.23. The van der Waals surface area contributed by atoms with Gasteiger partial charge in [0.2, 0.25) is 0 Å². The first-order valence-corrected chi connectivity index (χ1v) is 22.6. The molecule has 2 N–H and O–H groups in total. The summed E-state index contributed by atoms with van der Waals surface area (Å²) in [4.78, 5) is 30.8. The van der Waals surface area contributed by atoms with E-state index < -0.39 is 112 Å². The molecule has 0 bridgehead atoms. The fourth-order valence-corrected chi connectivity index (χ4v) is 9.98. The number of carbonyl (C=O) groups excluding carboxylic acids is 2. The van der Waals surface area contributed by atoms with E-state index in [4.69, 9.17) is 37.3 Å². The molecule has 0 saturated carbocycles. The van der Waals surface area contributed by atoms with Crippen molar-refractivity contribution in [3.8, 4) is 0 Å². The summed E-state index contributed by atoms with van der Waals surface area (Å²) in [5.41, 5.74) is -9.18. The number of esters is 2. The topological polar surface area (TPSA) is 189 Å². The number of cyclic esters (lactones) is 1. The van der Waals surface area contributed by atoms with Crippen LogP contribution in [0.5, 0.6) is 0 Å². The van der Waals surface area contributed by atoms with E-state index in [1.807, 2.05) is 65.6 Å². The van der Waals surface area contributed by atoms with Gasteiger partial charge in [-0.25, -0.2) is 0 Å². The van der Waals surface area contributed by atoms with Crippen LogP contribution in [0, 0.1) is 23.7 Å². The number of halogens is 3. The molecule has 0 spiro atoms. The Morgan fingerprint density at radius 3 is 2.11 bits per heavy atom. The molecule has 0 radical (unpaired) electrons. The average molecular weight is 907 g/mol. The predicted molar refractivity (Wildman–Crippen MR) is 216 cm³/mol. The molecule has 0 aromatic heterocycles. The minimum Gasteiger partial charge on any atom is -0.462 e. The second-order valence-electron chi connectivity index (χ2n) is 18.4. The molecule has 3 heterocycles. The van der Waals surface area contributed by atoms with Crippen molar-refractivity contribution in [2.24, 2.45) is 23.7 Å². The molecule has 20 heteroatoms. The molecule has 18 atom stereocenters. The lowest BCUT2D eigenvalue weighted by Gasteiger charge is -2.49. The second-order valence-corrected chi connectivity index (χ2v) is 20.0. The summed E-state index contributed by atoms with van der Waals surface area (Å²) in [5.74, 6) is -4.14. The highest BCUT2D eigenvalue weighted by atomic mass is 32.2. The Labute approximate surface area is 360 Å². The Balaban J connectivity index is 2.23. The Hall–Kier alpha value is -1.72. The van der Waals surface area contributed by atoms with E-state index in [1.54, 1.807) is 20.8 Å². The minimum atomic E-state index is -6.07. The normalized spacial score (nSPS) is 43.3. The molecule has 3 aliphatic heterocycles. The van der Waals surface area contributed by atoms with Crippen LogP contribution in [0.15, 0.2) is 0 Å². The molecule has 16 nitrogen and oxygen atoms in total. The molecule has 358 valence electrons. The molecule has 3 fully saturated rings. The summed E-state index contributed by atoms with van der Waals surface area (Å²) in [6.45, 7) is 18.6. The summed E-state index contributed by atoms with van der Waals surface area (Å²) in [6, 6.07) is -0.660. The summed E-state index contributed by atoms with van der Waals surface area (Å²) in [6.07, 6.45) is -10.5. The number of hydrogen-bond donors (Lipinski definition) is 2. The third kappa shape index (κ3) is 13.0. The number of carbonyl (C=O) groups is 2. The van der Waals surface area contributed by atoms with Crippen molar-refractivity contribution in [2.75, 3.05) is 34.8 Å². The molecule has 0 aliphatic carbocycles. The first-order chi connectivity index (χ1) is 27.9. The fraction of sp³-hybridized carbons (Fsp3) is 0.951. The van der Waals surface area contributed by atoms with Crippen molar-refractivity contribution in [3.63, 3.8) is 0 Å². The molecule has 3 rings (SSSR count). The van der Waals surface area contributed by atoms with Crippen LogP contribution in [0.4, 0.5) is 13.2 Å². The molecule has 1 unspecified atom stereocenters. The highest BCUT2D eigenvalue weighted by molar-refractivity contribution is 7.87. The van der Waals surface area contributed by atoms with Gasteiger partial charge in [-0.2, -0.15) is 21.6 Å². The van der Waals surface area contributed by atoms with E-state index in [1.165, 1.54) is 27.9 Å².